The predicted molar refractivity (Wildman–Crippen MR) is 178 cm³/mol. The predicted octanol–water partition coefficient (Wildman–Crippen LogP) is 5.61. The summed E-state index contributed by atoms with van der Waals surface area (Å²) in [6.07, 6.45) is 5.17. The summed E-state index contributed by atoms with van der Waals surface area (Å²) in [6, 6.07) is 16.6. The van der Waals surface area contributed by atoms with Gasteiger partial charge in [0.1, 0.15) is 6.61 Å². The van der Waals surface area contributed by atoms with Crippen molar-refractivity contribution in [2.75, 3.05) is 106 Å². The van der Waals surface area contributed by atoms with Crippen molar-refractivity contribution < 1.29 is 42.7 Å². The molecular weight excluding hydrogens is 590 g/mol. The van der Waals surface area contributed by atoms with E-state index >= 15 is 0 Å². The lowest BCUT2D eigenvalue weighted by atomic mass is 9.98. The summed E-state index contributed by atoms with van der Waals surface area (Å²) in [5.74, 6) is 0.0578. The van der Waals surface area contributed by atoms with Gasteiger partial charge in [0.05, 0.1) is 79.3 Å². The van der Waals surface area contributed by atoms with Crippen LogP contribution >= 0.6 is 0 Å². The fraction of sp³-hybridized carbons (Fsp3) is 0.639. The number of amides is 1. The van der Waals surface area contributed by atoms with Gasteiger partial charge in [0.15, 0.2) is 0 Å². The van der Waals surface area contributed by atoms with Crippen molar-refractivity contribution in [1.82, 2.24) is 5.32 Å². The Morgan fingerprint density at radius 2 is 0.957 bits per heavy atom. The third kappa shape index (κ3) is 15.8. The molecule has 10 heteroatoms. The van der Waals surface area contributed by atoms with Crippen molar-refractivity contribution in [3.05, 3.63) is 59.7 Å². The highest BCUT2D eigenvalue weighted by molar-refractivity contribution is 5.79. The van der Waals surface area contributed by atoms with Crippen molar-refractivity contribution in [3.8, 4) is 11.1 Å². The number of nitrogens with one attached hydrogen (secondary N) is 1. The van der Waals surface area contributed by atoms with E-state index < -0.39 is 6.09 Å². The fourth-order valence-electron chi connectivity index (χ4n) is 5.07. The Morgan fingerprint density at radius 1 is 0.543 bits per heavy atom. The molecule has 1 amide bonds. The number of hydrogen-bond acceptors (Lipinski definition) is 9. The highest BCUT2D eigenvalue weighted by Crippen LogP contribution is 2.44. The average Bonchev–Trinajstić information content (AvgIpc) is 3.40. The molecule has 2 aromatic carbocycles. The van der Waals surface area contributed by atoms with Gasteiger partial charge in [0.25, 0.3) is 0 Å². The topological polar surface area (TPSA) is 103 Å². The van der Waals surface area contributed by atoms with Crippen LogP contribution in [0.3, 0.4) is 0 Å². The van der Waals surface area contributed by atoms with Crippen LogP contribution in [0.15, 0.2) is 48.5 Å². The maximum absolute atomic E-state index is 12.2. The maximum Gasteiger partial charge on any atom is 0.407 e. The number of carbonyl (C=O) groups is 1. The van der Waals surface area contributed by atoms with Crippen molar-refractivity contribution >= 4 is 6.09 Å². The molecule has 1 aliphatic carbocycles. The first-order valence-corrected chi connectivity index (χ1v) is 16.9. The Hall–Kier alpha value is -2.57. The molecule has 0 saturated carbocycles. The van der Waals surface area contributed by atoms with Gasteiger partial charge >= 0.3 is 6.09 Å². The lowest BCUT2D eigenvalue weighted by Crippen LogP contribution is -2.27. The molecule has 1 N–H and O–H groups in total. The molecule has 2 aromatic rings. The van der Waals surface area contributed by atoms with Crippen LogP contribution in [-0.4, -0.2) is 112 Å². The van der Waals surface area contributed by atoms with Crippen molar-refractivity contribution in [2.45, 2.75) is 44.9 Å². The molecular formula is C36H55NO9. The second-order valence-electron chi connectivity index (χ2n) is 11.0. The molecule has 46 heavy (non-hydrogen) atoms. The minimum absolute atomic E-state index is 0.0578. The Balaban J connectivity index is 1.00. The zero-order chi connectivity index (χ0) is 32.3. The van der Waals surface area contributed by atoms with Crippen LogP contribution in [0.1, 0.15) is 56.1 Å². The average molecular weight is 646 g/mol. The number of alkyl carbamates (subject to hydrolysis) is 1. The largest absolute Gasteiger partial charge is 0.449 e. The van der Waals surface area contributed by atoms with Crippen molar-refractivity contribution in [1.29, 1.82) is 0 Å². The van der Waals surface area contributed by atoms with Gasteiger partial charge in [-0.05, 0) is 35.1 Å². The molecule has 0 fully saturated rings. The highest BCUT2D eigenvalue weighted by Gasteiger charge is 2.28. The number of ether oxygens (including phenoxy) is 8. The third-order valence-electron chi connectivity index (χ3n) is 7.45. The summed E-state index contributed by atoms with van der Waals surface area (Å²) in [5, 5.41) is 2.81. The monoisotopic (exact) mass is 645 g/mol. The van der Waals surface area contributed by atoms with Crippen molar-refractivity contribution in [3.63, 3.8) is 0 Å². The van der Waals surface area contributed by atoms with E-state index in [0.29, 0.717) is 105 Å². The van der Waals surface area contributed by atoms with Crippen LogP contribution in [0.2, 0.25) is 0 Å². The zero-order valence-corrected chi connectivity index (χ0v) is 27.7. The second-order valence-corrected chi connectivity index (χ2v) is 11.0. The Labute approximate surface area is 275 Å². The van der Waals surface area contributed by atoms with Crippen LogP contribution in [-0.2, 0) is 37.9 Å². The third-order valence-corrected chi connectivity index (χ3v) is 7.45. The Bertz CT molecular complexity index is 1010. The van der Waals surface area contributed by atoms with Crippen LogP contribution < -0.4 is 5.32 Å². The summed E-state index contributed by atoms with van der Waals surface area (Å²) in [5.41, 5.74) is 4.83. The zero-order valence-electron chi connectivity index (χ0n) is 27.7. The van der Waals surface area contributed by atoms with Crippen LogP contribution in [0.25, 0.3) is 11.1 Å². The standard InChI is InChI=1S/C36H55NO9/c1-2-3-4-9-16-39-18-20-41-22-24-43-26-28-45-29-27-44-25-23-42-21-19-40-17-10-15-37-36(38)46-30-35-33-13-7-5-11-31(33)32-12-6-8-14-34(32)35/h5-8,11-14,35H,2-4,9-10,15-30H2,1H3,(H,37,38). The molecule has 0 spiro atoms. The number of unbranched alkanes of at least 4 members (excludes halogenated alkanes) is 3. The SMILES string of the molecule is CCCCCCOCCOCCOCCOCCOCCOCCOCCCNC(=O)OCC1c2ccccc2-c2ccccc21. The minimum atomic E-state index is -0.408. The smallest absolute Gasteiger partial charge is 0.407 e. The molecule has 0 saturated heterocycles. The van der Waals surface area contributed by atoms with Gasteiger partial charge < -0.3 is 43.2 Å². The molecule has 3 rings (SSSR count). The van der Waals surface area contributed by atoms with Gasteiger partial charge in [-0.3, -0.25) is 0 Å². The number of fused-ring (bicyclic) bond motifs is 3. The van der Waals surface area contributed by atoms with Gasteiger partial charge in [-0.25, -0.2) is 4.79 Å². The molecule has 0 atom stereocenters. The molecule has 0 unspecified atom stereocenters. The number of rotatable bonds is 29. The first-order chi connectivity index (χ1) is 22.8. The summed E-state index contributed by atoms with van der Waals surface area (Å²) >= 11 is 0. The molecule has 0 radical (unpaired) electrons. The molecule has 10 nitrogen and oxygen atoms in total. The minimum Gasteiger partial charge on any atom is -0.449 e. The molecule has 0 aromatic heterocycles. The lowest BCUT2D eigenvalue weighted by molar-refractivity contribution is -0.0206. The van der Waals surface area contributed by atoms with E-state index in [1.54, 1.807) is 0 Å². The number of hydrogen-bond donors (Lipinski definition) is 1. The summed E-state index contributed by atoms with van der Waals surface area (Å²) in [7, 11) is 0. The second kappa shape index (κ2) is 25.5. The number of benzene rings is 2. The van der Waals surface area contributed by atoms with Gasteiger partial charge in [-0.1, -0.05) is 74.7 Å². The fourth-order valence-corrected chi connectivity index (χ4v) is 5.07. The van der Waals surface area contributed by atoms with E-state index in [1.165, 1.54) is 41.5 Å². The highest BCUT2D eigenvalue weighted by atomic mass is 16.6. The first-order valence-electron chi connectivity index (χ1n) is 16.9. The summed E-state index contributed by atoms with van der Waals surface area (Å²) in [6.45, 7) is 10.8. The molecule has 0 aliphatic heterocycles. The van der Waals surface area contributed by atoms with E-state index in [4.69, 9.17) is 37.9 Å². The maximum atomic E-state index is 12.2. The van der Waals surface area contributed by atoms with E-state index in [-0.39, 0.29) is 5.92 Å². The molecule has 1 aliphatic rings. The van der Waals surface area contributed by atoms with E-state index in [2.05, 4.69) is 36.5 Å². The van der Waals surface area contributed by atoms with Crippen LogP contribution in [0, 0.1) is 0 Å². The number of carbonyl (C=O) groups excluding carboxylic acids is 1. The van der Waals surface area contributed by atoms with E-state index in [9.17, 15) is 4.79 Å². The van der Waals surface area contributed by atoms with Crippen molar-refractivity contribution in [2.24, 2.45) is 0 Å². The van der Waals surface area contributed by atoms with Gasteiger partial charge in [-0.2, -0.15) is 0 Å². The molecule has 258 valence electrons. The summed E-state index contributed by atoms with van der Waals surface area (Å²) < 4.78 is 44.2. The van der Waals surface area contributed by atoms with Gasteiger partial charge in [0, 0.05) is 25.7 Å². The Kier molecular flexibility index (Phi) is 21.0. The van der Waals surface area contributed by atoms with E-state index in [1.807, 2.05) is 24.3 Å². The van der Waals surface area contributed by atoms with E-state index in [0.717, 1.165) is 13.0 Å². The summed E-state index contributed by atoms with van der Waals surface area (Å²) in [4.78, 5) is 12.2. The first kappa shape index (κ1) is 37.9. The normalized spacial score (nSPS) is 12.3. The van der Waals surface area contributed by atoms with Gasteiger partial charge in [0.2, 0.25) is 0 Å². The van der Waals surface area contributed by atoms with Gasteiger partial charge in [-0.15, -0.1) is 0 Å². The van der Waals surface area contributed by atoms with Crippen LogP contribution in [0.5, 0.6) is 0 Å². The Morgan fingerprint density at radius 3 is 1.41 bits per heavy atom. The molecule has 0 heterocycles. The van der Waals surface area contributed by atoms with Crippen LogP contribution in [0.4, 0.5) is 4.79 Å². The molecule has 0 bridgehead atoms. The quantitative estimate of drug-likeness (QED) is 0.113. The lowest BCUT2D eigenvalue weighted by Gasteiger charge is -2.14.